The van der Waals surface area contributed by atoms with E-state index in [1.54, 1.807) is 0 Å². The quantitative estimate of drug-likeness (QED) is 0.586. The SMILES string of the molecule is CN1CCCCCCCCCCCC1=NC1CCCC1c1ccccc1. The van der Waals surface area contributed by atoms with E-state index in [2.05, 4.69) is 42.3 Å². The minimum atomic E-state index is 0.491. The molecule has 0 amide bonds. The van der Waals surface area contributed by atoms with E-state index in [9.17, 15) is 0 Å². The summed E-state index contributed by atoms with van der Waals surface area (Å²) in [5, 5.41) is 0. The van der Waals surface area contributed by atoms with Gasteiger partial charge in [-0.05, 0) is 31.2 Å². The molecule has 0 bridgehead atoms. The highest BCUT2D eigenvalue weighted by molar-refractivity contribution is 5.82. The average molecular weight is 355 g/mol. The van der Waals surface area contributed by atoms with Crippen LogP contribution in [0.3, 0.4) is 0 Å². The molecular formula is C24H38N2. The summed E-state index contributed by atoms with van der Waals surface area (Å²) in [6, 6.07) is 11.6. The third-order valence-electron chi connectivity index (χ3n) is 6.36. The van der Waals surface area contributed by atoms with Crippen LogP contribution in [0.2, 0.25) is 0 Å². The molecule has 144 valence electrons. The fourth-order valence-electron chi connectivity index (χ4n) is 4.73. The first-order valence-corrected chi connectivity index (χ1v) is 11.2. The Labute approximate surface area is 161 Å². The fraction of sp³-hybridized carbons (Fsp3) is 0.708. The molecule has 0 aromatic heterocycles. The summed E-state index contributed by atoms with van der Waals surface area (Å²) in [6.45, 7) is 1.18. The monoisotopic (exact) mass is 354 g/mol. The van der Waals surface area contributed by atoms with Crippen LogP contribution in [-0.4, -0.2) is 30.4 Å². The summed E-state index contributed by atoms with van der Waals surface area (Å²) in [5.41, 5.74) is 1.49. The van der Waals surface area contributed by atoms with Crippen molar-refractivity contribution >= 4 is 5.84 Å². The van der Waals surface area contributed by atoms with Crippen molar-refractivity contribution in [1.29, 1.82) is 0 Å². The minimum absolute atomic E-state index is 0.491. The van der Waals surface area contributed by atoms with Crippen molar-refractivity contribution < 1.29 is 0 Å². The van der Waals surface area contributed by atoms with Crippen LogP contribution < -0.4 is 0 Å². The molecule has 26 heavy (non-hydrogen) atoms. The maximum absolute atomic E-state index is 5.37. The Balaban J connectivity index is 1.69. The molecule has 2 atom stereocenters. The molecule has 0 spiro atoms. The maximum atomic E-state index is 5.37. The Bertz CT molecular complexity index is 536. The minimum Gasteiger partial charge on any atom is -0.363 e. The standard InChI is InChI=1S/C24H38N2/c1-26-20-13-8-6-4-2-3-5-7-12-19-24(26)25-23-18-14-17-22(23)21-15-10-9-11-16-21/h9-11,15-16,22-23H,2-8,12-14,17-20H2,1H3. The number of nitrogens with zero attached hydrogens (tertiary/aromatic N) is 2. The second-order valence-corrected chi connectivity index (χ2v) is 8.41. The van der Waals surface area contributed by atoms with E-state index in [1.165, 1.54) is 101 Å². The normalized spacial score (nSPS) is 28.3. The molecule has 2 fully saturated rings. The van der Waals surface area contributed by atoms with E-state index in [1.807, 2.05) is 0 Å². The van der Waals surface area contributed by atoms with Gasteiger partial charge in [-0.3, -0.25) is 4.99 Å². The van der Waals surface area contributed by atoms with E-state index in [0.29, 0.717) is 12.0 Å². The summed E-state index contributed by atoms with van der Waals surface area (Å²) in [7, 11) is 2.28. The highest BCUT2D eigenvalue weighted by Gasteiger charge is 2.28. The number of aliphatic imine (C=N–C) groups is 1. The van der Waals surface area contributed by atoms with Crippen molar-refractivity contribution in [3.8, 4) is 0 Å². The predicted octanol–water partition coefficient (Wildman–Crippen LogP) is 6.57. The van der Waals surface area contributed by atoms with Gasteiger partial charge in [0, 0.05) is 25.9 Å². The van der Waals surface area contributed by atoms with Gasteiger partial charge in [-0.15, -0.1) is 0 Å². The number of benzene rings is 1. The van der Waals surface area contributed by atoms with Gasteiger partial charge in [-0.1, -0.05) is 81.7 Å². The lowest BCUT2D eigenvalue weighted by Gasteiger charge is -2.25. The van der Waals surface area contributed by atoms with Crippen LogP contribution >= 0.6 is 0 Å². The molecule has 2 heteroatoms. The van der Waals surface area contributed by atoms with Gasteiger partial charge in [0.15, 0.2) is 0 Å². The molecule has 1 aromatic carbocycles. The van der Waals surface area contributed by atoms with Gasteiger partial charge >= 0.3 is 0 Å². The van der Waals surface area contributed by atoms with Gasteiger partial charge < -0.3 is 4.90 Å². The number of rotatable bonds is 2. The average Bonchev–Trinajstić information content (AvgIpc) is 3.13. The molecule has 2 unspecified atom stereocenters. The van der Waals surface area contributed by atoms with Gasteiger partial charge in [0.25, 0.3) is 0 Å². The second-order valence-electron chi connectivity index (χ2n) is 8.41. The van der Waals surface area contributed by atoms with Crippen LogP contribution in [-0.2, 0) is 0 Å². The summed E-state index contributed by atoms with van der Waals surface area (Å²) in [4.78, 5) is 7.85. The first kappa shape index (κ1) is 19.5. The summed E-state index contributed by atoms with van der Waals surface area (Å²) >= 11 is 0. The molecule has 3 rings (SSSR count). The lowest BCUT2D eigenvalue weighted by Crippen LogP contribution is -2.30. The van der Waals surface area contributed by atoms with E-state index >= 15 is 0 Å². The maximum Gasteiger partial charge on any atom is 0.0990 e. The van der Waals surface area contributed by atoms with Crippen LogP contribution in [0.15, 0.2) is 35.3 Å². The highest BCUT2D eigenvalue weighted by Crippen LogP contribution is 2.37. The third-order valence-corrected chi connectivity index (χ3v) is 6.36. The van der Waals surface area contributed by atoms with Crippen LogP contribution in [0, 0.1) is 0 Å². The third kappa shape index (κ3) is 5.86. The summed E-state index contributed by atoms with van der Waals surface area (Å²) < 4.78 is 0. The molecule has 1 aliphatic heterocycles. The topological polar surface area (TPSA) is 15.6 Å². The van der Waals surface area contributed by atoms with Crippen LogP contribution in [0.25, 0.3) is 0 Å². The molecular weight excluding hydrogens is 316 g/mol. The number of hydrogen-bond acceptors (Lipinski definition) is 1. The highest BCUT2D eigenvalue weighted by atomic mass is 15.2. The van der Waals surface area contributed by atoms with Crippen molar-refractivity contribution in [2.24, 2.45) is 4.99 Å². The first-order valence-electron chi connectivity index (χ1n) is 11.2. The molecule has 2 aliphatic rings. The Kier molecular flexibility index (Phi) is 8.04. The molecule has 2 nitrogen and oxygen atoms in total. The number of hydrogen-bond donors (Lipinski definition) is 0. The number of amidine groups is 1. The van der Waals surface area contributed by atoms with Gasteiger partial charge in [0.1, 0.15) is 0 Å². The molecule has 1 aromatic rings. The molecule has 0 N–H and O–H groups in total. The van der Waals surface area contributed by atoms with Crippen molar-refractivity contribution in [2.45, 2.75) is 95.4 Å². The van der Waals surface area contributed by atoms with Gasteiger partial charge in [-0.25, -0.2) is 0 Å². The second kappa shape index (κ2) is 10.7. The molecule has 1 saturated heterocycles. The largest absolute Gasteiger partial charge is 0.363 e. The van der Waals surface area contributed by atoms with Gasteiger partial charge in [-0.2, -0.15) is 0 Å². The first-order chi connectivity index (χ1) is 12.8. The Morgan fingerprint density at radius 2 is 1.42 bits per heavy atom. The molecule has 1 saturated carbocycles. The smallest absolute Gasteiger partial charge is 0.0990 e. The molecule has 1 heterocycles. The van der Waals surface area contributed by atoms with Crippen LogP contribution in [0.5, 0.6) is 0 Å². The Morgan fingerprint density at radius 1 is 0.769 bits per heavy atom. The molecule has 1 aliphatic carbocycles. The lowest BCUT2D eigenvalue weighted by molar-refractivity contribution is 0.451. The van der Waals surface area contributed by atoms with Crippen LogP contribution in [0.1, 0.15) is 95.0 Å². The fourth-order valence-corrected chi connectivity index (χ4v) is 4.73. The molecule has 0 radical (unpaired) electrons. The zero-order valence-corrected chi connectivity index (χ0v) is 16.8. The zero-order chi connectivity index (χ0) is 18.0. The van der Waals surface area contributed by atoms with Gasteiger partial charge in [0.05, 0.1) is 11.9 Å². The van der Waals surface area contributed by atoms with E-state index in [0.717, 1.165) is 0 Å². The van der Waals surface area contributed by atoms with Gasteiger partial charge in [0.2, 0.25) is 0 Å². The Morgan fingerprint density at radius 3 is 2.15 bits per heavy atom. The van der Waals surface area contributed by atoms with E-state index in [-0.39, 0.29) is 0 Å². The van der Waals surface area contributed by atoms with Crippen molar-refractivity contribution in [3.05, 3.63) is 35.9 Å². The van der Waals surface area contributed by atoms with Crippen molar-refractivity contribution in [2.75, 3.05) is 13.6 Å². The van der Waals surface area contributed by atoms with Crippen LogP contribution in [0.4, 0.5) is 0 Å². The van der Waals surface area contributed by atoms with Crippen molar-refractivity contribution in [1.82, 2.24) is 4.90 Å². The summed E-state index contributed by atoms with van der Waals surface area (Å²) in [6.07, 6.45) is 17.6. The van der Waals surface area contributed by atoms with E-state index < -0.39 is 0 Å². The predicted molar refractivity (Wildman–Crippen MR) is 113 cm³/mol. The van der Waals surface area contributed by atoms with Crippen molar-refractivity contribution in [3.63, 3.8) is 0 Å². The lowest BCUT2D eigenvalue weighted by atomic mass is 9.94. The van der Waals surface area contributed by atoms with E-state index in [4.69, 9.17) is 4.99 Å². The summed E-state index contributed by atoms with van der Waals surface area (Å²) in [5.74, 6) is 2.01. The zero-order valence-electron chi connectivity index (χ0n) is 16.8. The Hall–Kier alpha value is -1.31.